The summed E-state index contributed by atoms with van der Waals surface area (Å²) in [4.78, 5) is 15.6. The quantitative estimate of drug-likeness (QED) is 0.790. The second-order valence-corrected chi connectivity index (χ2v) is 6.57. The van der Waals surface area contributed by atoms with Gasteiger partial charge in [-0.2, -0.15) is 0 Å². The summed E-state index contributed by atoms with van der Waals surface area (Å²) in [5.74, 6) is -0.230. The summed E-state index contributed by atoms with van der Waals surface area (Å²) in [5, 5.41) is 5.42. The molecule has 5 heteroatoms. The highest BCUT2D eigenvalue weighted by Crippen LogP contribution is 2.34. The van der Waals surface area contributed by atoms with Gasteiger partial charge in [0, 0.05) is 34.8 Å². The Balaban J connectivity index is 1.85. The number of halogens is 1. The summed E-state index contributed by atoms with van der Waals surface area (Å²) < 4.78 is 0. The number of carbonyl (C=O) groups excluding carboxylic acids is 1. The summed E-state index contributed by atoms with van der Waals surface area (Å²) in [6, 6.07) is 5.90. The van der Waals surface area contributed by atoms with E-state index in [-0.39, 0.29) is 5.91 Å². The zero-order valence-corrected chi connectivity index (χ0v) is 14.0. The van der Waals surface area contributed by atoms with Crippen LogP contribution in [0, 0.1) is 0 Å². The Morgan fingerprint density at radius 2 is 2.09 bits per heavy atom. The number of nitrogens with one attached hydrogen (secondary N) is 1. The molecule has 1 aliphatic carbocycles. The van der Waals surface area contributed by atoms with E-state index in [1.54, 1.807) is 0 Å². The average Bonchev–Trinajstić information content (AvgIpc) is 2.53. The van der Waals surface area contributed by atoms with Crippen molar-refractivity contribution in [3.05, 3.63) is 34.5 Å². The normalized spacial score (nSPS) is 13.8. The van der Waals surface area contributed by atoms with E-state index in [1.807, 2.05) is 18.2 Å². The maximum absolute atomic E-state index is 10.8. The molecule has 1 amide bonds. The van der Waals surface area contributed by atoms with Crippen molar-refractivity contribution in [2.24, 2.45) is 5.73 Å². The van der Waals surface area contributed by atoms with Crippen LogP contribution >= 0.6 is 11.6 Å². The van der Waals surface area contributed by atoms with Crippen LogP contribution in [-0.4, -0.2) is 17.4 Å². The molecular formula is C18H22ClN3O. The molecule has 0 fully saturated rings. The molecule has 122 valence electrons. The lowest BCUT2D eigenvalue weighted by Crippen LogP contribution is -2.13. The van der Waals surface area contributed by atoms with Gasteiger partial charge >= 0.3 is 0 Å². The maximum Gasteiger partial charge on any atom is 0.217 e. The van der Waals surface area contributed by atoms with Gasteiger partial charge in [-0.15, -0.1) is 0 Å². The van der Waals surface area contributed by atoms with E-state index in [0.29, 0.717) is 11.4 Å². The number of anilines is 1. The van der Waals surface area contributed by atoms with Crippen molar-refractivity contribution in [2.45, 2.75) is 44.9 Å². The van der Waals surface area contributed by atoms with E-state index < -0.39 is 0 Å². The van der Waals surface area contributed by atoms with E-state index in [9.17, 15) is 4.79 Å². The van der Waals surface area contributed by atoms with Gasteiger partial charge in [-0.25, -0.2) is 0 Å². The first-order chi connectivity index (χ1) is 11.1. The van der Waals surface area contributed by atoms with Crippen LogP contribution in [-0.2, 0) is 17.6 Å². The van der Waals surface area contributed by atoms with Gasteiger partial charge in [-0.3, -0.25) is 9.78 Å². The van der Waals surface area contributed by atoms with Gasteiger partial charge in [-0.1, -0.05) is 11.6 Å². The highest BCUT2D eigenvalue weighted by atomic mass is 35.5. The molecule has 23 heavy (non-hydrogen) atoms. The molecular weight excluding hydrogens is 310 g/mol. The Morgan fingerprint density at radius 1 is 1.26 bits per heavy atom. The Hall–Kier alpha value is -1.81. The van der Waals surface area contributed by atoms with E-state index >= 15 is 0 Å². The molecule has 0 unspecified atom stereocenters. The van der Waals surface area contributed by atoms with Crippen molar-refractivity contribution in [3.63, 3.8) is 0 Å². The summed E-state index contributed by atoms with van der Waals surface area (Å²) in [6.45, 7) is 0.835. The van der Waals surface area contributed by atoms with Gasteiger partial charge in [0.15, 0.2) is 0 Å². The van der Waals surface area contributed by atoms with Crippen LogP contribution in [0.5, 0.6) is 0 Å². The van der Waals surface area contributed by atoms with E-state index in [4.69, 9.17) is 22.3 Å². The minimum absolute atomic E-state index is 0.230. The molecule has 1 aliphatic rings. The van der Waals surface area contributed by atoms with Crippen LogP contribution in [0.15, 0.2) is 18.2 Å². The molecule has 1 heterocycles. The molecule has 0 atom stereocenters. The molecule has 0 saturated heterocycles. The fourth-order valence-corrected chi connectivity index (χ4v) is 3.40. The van der Waals surface area contributed by atoms with Gasteiger partial charge in [0.05, 0.1) is 5.52 Å². The number of nitrogens with zero attached hydrogens (tertiary/aromatic N) is 1. The highest BCUT2D eigenvalue weighted by Gasteiger charge is 2.18. The van der Waals surface area contributed by atoms with E-state index in [2.05, 4.69) is 5.32 Å². The number of hydrogen-bond acceptors (Lipinski definition) is 3. The van der Waals surface area contributed by atoms with Crippen molar-refractivity contribution in [1.29, 1.82) is 0 Å². The second kappa shape index (κ2) is 7.18. The number of unbranched alkanes of at least 4 members (excludes halogenated alkanes) is 1. The van der Waals surface area contributed by atoms with Gasteiger partial charge < -0.3 is 11.1 Å². The predicted octanol–water partition coefficient (Wildman–Crippen LogP) is 3.83. The lowest BCUT2D eigenvalue weighted by Gasteiger charge is -2.21. The second-order valence-electron chi connectivity index (χ2n) is 6.13. The number of carbonyl (C=O) groups is 1. The Bertz CT molecular complexity index is 730. The summed E-state index contributed by atoms with van der Waals surface area (Å²) in [7, 11) is 0. The number of pyridine rings is 1. The maximum atomic E-state index is 10.8. The zero-order valence-electron chi connectivity index (χ0n) is 13.2. The molecule has 0 saturated carbocycles. The van der Waals surface area contributed by atoms with E-state index in [0.717, 1.165) is 43.1 Å². The van der Waals surface area contributed by atoms with Crippen LogP contribution in [0.4, 0.5) is 5.69 Å². The number of nitrogens with two attached hydrogens (primary N) is 1. The van der Waals surface area contributed by atoms with Crippen molar-refractivity contribution in [1.82, 2.24) is 4.98 Å². The Kier molecular flexibility index (Phi) is 5.01. The molecule has 4 nitrogen and oxygen atoms in total. The molecule has 1 aromatic heterocycles. The van der Waals surface area contributed by atoms with Crippen LogP contribution in [0.25, 0.3) is 10.9 Å². The summed E-state index contributed by atoms with van der Waals surface area (Å²) in [5.41, 5.74) is 9.88. The standard InChI is InChI=1S/C18H22ClN3O/c19-12-8-9-14-16(11-12)22-15-6-2-1-5-13(15)18(14)21-10-4-3-7-17(20)23/h8-9,11H,1-7,10H2,(H2,20,23)(H,21,22). The first-order valence-electron chi connectivity index (χ1n) is 8.28. The van der Waals surface area contributed by atoms with Gasteiger partial charge in [0.1, 0.15) is 0 Å². The molecule has 3 rings (SSSR count). The van der Waals surface area contributed by atoms with Crippen molar-refractivity contribution in [3.8, 4) is 0 Å². The first-order valence-corrected chi connectivity index (χ1v) is 8.66. The van der Waals surface area contributed by atoms with Crippen LogP contribution in [0.1, 0.15) is 43.4 Å². The predicted molar refractivity (Wildman–Crippen MR) is 94.9 cm³/mol. The largest absolute Gasteiger partial charge is 0.384 e. The van der Waals surface area contributed by atoms with Crippen LogP contribution in [0.3, 0.4) is 0 Å². The molecule has 1 aromatic carbocycles. The van der Waals surface area contributed by atoms with Gasteiger partial charge in [0.2, 0.25) is 5.91 Å². The summed E-state index contributed by atoms with van der Waals surface area (Å²) in [6.07, 6.45) is 6.72. The third kappa shape index (κ3) is 3.75. The highest BCUT2D eigenvalue weighted by molar-refractivity contribution is 6.31. The minimum atomic E-state index is -0.230. The first kappa shape index (κ1) is 16.1. The minimum Gasteiger partial charge on any atom is -0.384 e. The number of amides is 1. The fraction of sp³-hybridized carbons (Fsp3) is 0.444. The topological polar surface area (TPSA) is 68.0 Å². The number of aromatic nitrogens is 1. The molecule has 0 bridgehead atoms. The molecule has 0 radical (unpaired) electrons. The average molecular weight is 332 g/mol. The van der Waals surface area contributed by atoms with Crippen molar-refractivity contribution < 1.29 is 4.79 Å². The molecule has 2 aromatic rings. The Labute approximate surface area is 141 Å². The number of primary amides is 1. The molecule has 0 spiro atoms. The van der Waals surface area contributed by atoms with Gasteiger partial charge in [-0.05, 0) is 62.3 Å². The fourth-order valence-electron chi connectivity index (χ4n) is 3.24. The number of aryl methyl sites for hydroxylation is 1. The number of fused-ring (bicyclic) bond motifs is 2. The van der Waals surface area contributed by atoms with Crippen molar-refractivity contribution >= 4 is 34.1 Å². The molecule has 0 aliphatic heterocycles. The lowest BCUT2D eigenvalue weighted by molar-refractivity contribution is -0.118. The SMILES string of the molecule is NC(=O)CCCCNc1c2c(nc3cc(Cl)ccc13)CCCC2. The number of rotatable bonds is 6. The number of hydrogen-bond donors (Lipinski definition) is 2. The lowest BCUT2D eigenvalue weighted by atomic mass is 9.92. The molecule has 3 N–H and O–H groups in total. The third-order valence-electron chi connectivity index (χ3n) is 4.38. The van der Waals surface area contributed by atoms with Crippen LogP contribution in [0.2, 0.25) is 5.02 Å². The number of benzene rings is 1. The monoisotopic (exact) mass is 331 g/mol. The van der Waals surface area contributed by atoms with Gasteiger partial charge in [0.25, 0.3) is 0 Å². The van der Waals surface area contributed by atoms with Crippen LogP contribution < -0.4 is 11.1 Å². The van der Waals surface area contributed by atoms with Crippen molar-refractivity contribution in [2.75, 3.05) is 11.9 Å². The third-order valence-corrected chi connectivity index (χ3v) is 4.61. The zero-order chi connectivity index (χ0) is 16.2. The van der Waals surface area contributed by atoms with E-state index in [1.165, 1.54) is 29.8 Å². The smallest absolute Gasteiger partial charge is 0.217 e. The Morgan fingerprint density at radius 3 is 2.91 bits per heavy atom. The summed E-state index contributed by atoms with van der Waals surface area (Å²) >= 11 is 6.13.